The molecular formula is C24H33N5O. The Hall–Kier alpha value is -2.70. The number of nitrogen functional groups attached to an aromatic ring is 2. The fraction of sp³-hybridized carbons (Fsp3) is 0.417. The van der Waals surface area contributed by atoms with Gasteiger partial charge in [0, 0.05) is 62.0 Å². The van der Waals surface area contributed by atoms with E-state index in [1.54, 1.807) is 0 Å². The molecule has 2 heterocycles. The maximum absolute atomic E-state index is 6.55. The molecule has 1 fully saturated rings. The van der Waals surface area contributed by atoms with Crippen LogP contribution in [0.5, 0.6) is 5.75 Å². The molecule has 1 aliphatic rings. The van der Waals surface area contributed by atoms with Gasteiger partial charge in [0.2, 0.25) is 0 Å². The number of rotatable bonds is 7. The molecular weight excluding hydrogens is 374 g/mol. The zero-order valence-electron chi connectivity index (χ0n) is 18.1. The van der Waals surface area contributed by atoms with Crippen molar-refractivity contribution in [3.05, 3.63) is 42.5 Å². The minimum absolute atomic E-state index is 0.727. The van der Waals surface area contributed by atoms with Crippen molar-refractivity contribution in [3.8, 4) is 17.0 Å². The zero-order chi connectivity index (χ0) is 21.1. The lowest BCUT2D eigenvalue weighted by Crippen LogP contribution is -2.44. The number of benzene rings is 2. The SMILES string of the molecule is CCn1c(-c2ccc(N)cc2)c(N)c2ccc(OCCCN3CCN(C)CC3)cc21. The summed E-state index contributed by atoms with van der Waals surface area (Å²) in [7, 11) is 2.19. The maximum atomic E-state index is 6.55. The van der Waals surface area contributed by atoms with Gasteiger partial charge in [-0.15, -0.1) is 0 Å². The Morgan fingerprint density at radius 2 is 1.70 bits per heavy atom. The van der Waals surface area contributed by atoms with E-state index in [1.807, 2.05) is 30.3 Å². The number of hydrogen-bond donors (Lipinski definition) is 2. The first-order chi connectivity index (χ1) is 14.6. The van der Waals surface area contributed by atoms with Gasteiger partial charge in [0.25, 0.3) is 0 Å². The fourth-order valence-corrected chi connectivity index (χ4v) is 4.28. The van der Waals surface area contributed by atoms with Crippen LogP contribution >= 0.6 is 0 Å². The molecule has 0 amide bonds. The van der Waals surface area contributed by atoms with Gasteiger partial charge in [0.15, 0.2) is 0 Å². The lowest BCUT2D eigenvalue weighted by atomic mass is 10.1. The van der Waals surface area contributed by atoms with Crippen LogP contribution in [-0.2, 0) is 6.54 Å². The normalized spacial score (nSPS) is 15.7. The van der Waals surface area contributed by atoms with E-state index in [0.29, 0.717) is 0 Å². The number of aromatic nitrogens is 1. The molecule has 1 aliphatic heterocycles. The van der Waals surface area contributed by atoms with Crippen molar-refractivity contribution >= 4 is 22.3 Å². The molecule has 0 saturated carbocycles. The van der Waals surface area contributed by atoms with Crippen molar-refractivity contribution in [3.63, 3.8) is 0 Å². The van der Waals surface area contributed by atoms with E-state index in [1.165, 1.54) is 0 Å². The van der Waals surface area contributed by atoms with E-state index in [2.05, 4.69) is 40.5 Å². The number of nitrogens with two attached hydrogens (primary N) is 2. The van der Waals surface area contributed by atoms with Crippen molar-refractivity contribution < 1.29 is 4.74 Å². The maximum Gasteiger partial charge on any atom is 0.121 e. The van der Waals surface area contributed by atoms with Gasteiger partial charge in [-0.25, -0.2) is 0 Å². The van der Waals surface area contributed by atoms with Gasteiger partial charge in [0.05, 0.1) is 23.5 Å². The number of likely N-dealkylation sites (N-methyl/N-ethyl adjacent to an activating group) is 1. The van der Waals surface area contributed by atoms with Crippen molar-refractivity contribution in [1.82, 2.24) is 14.4 Å². The van der Waals surface area contributed by atoms with Crippen molar-refractivity contribution in [2.75, 3.05) is 57.8 Å². The molecule has 0 bridgehead atoms. The molecule has 4 rings (SSSR count). The van der Waals surface area contributed by atoms with E-state index in [9.17, 15) is 0 Å². The van der Waals surface area contributed by atoms with Gasteiger partial charge in [-0.3, -0.25) is 0 Å². The van der Waals surface area contributed by atoms with Gasteiger partial charge >= 0.3 is 0 Å². The molecule has 0 atom stereocenters. The molecule has 1 aromatic heterocycles. The first kappa shape index (κ1) is 20.6. The quantitative estimate of drug-likeness (QED) is 0.463. The average Bonchev–Trinajstić information content (AvgIpc) is 3.04. The molecule has 2 aromatic carbocycles. The Morgan fingerprint density at radius 1 is 0.967 bits per heavy atom. The van der Waals surface area contributed by atoms with E-state index in [4.69, 9.17) is 16.2 Å². The monoisotopic (exact) mass is 407 g/mol. The number of ether oxygens (including phenoxy) is 1. The van der Waals surface area contributed by atoms with Crippen molar-refractivity contribution in [2.45, 2.75) is 19.9 Å². The Labute approximate surface area is 179 Å². The number of nitrogens with zero attached hydrogens (tertiary/aromatic N) is 3. The predicted molar refractivity (Wildman–Crippen MR) is 126 cm³/mol. The van der Waals surface area contributed by atoms with Crippen LogP contribution in [0.2, 0.25) is 0 Å². The molecule has 4 N–H and O–H groups in total. The van der Waals surface area contributed by atoms with Crippen LogP contribution in [0.25, 0.3) is 22.2 Å². The summed E-state index contributed by atoms with van der Waals surface area (Å²) in [6.07, 6.45) is 1.04. The van der Waals surface area contributed by atoms with Crippen LogP contribution in [0, 0.1) is 0 Å². The lowest BCUT2D eigenvalue weighted by molar-refractivity contribution is 0.145. The van der Waals surface area contributed by atoms with Crippen LogP contribution in [0.1, 0.15) is 13.3 Å². The Morgan fingerprint density at radius 3 is 2.40 bits per heavy atom. The molecule has 0 radical (unpaired) electrons. The minimum atomic E-state index is 0.727. The van der Waals surface area contributed by atoms with Gasteiger partial charge in [-0.1, -0.05) is 12.1 Å². The zero-order valence-corrected chi connectivity index (χ0v) is 18.1. The standard InChI is InChI=1S/C24H33N5O/c1-3-29-22-17-20(30-16-4-11-28-14-12-27(2)13-15-28)9-10-21(22)23(26)24(29)18-5-7-19(25)8-6-18/h5-10,17H,3-4,11-16,25-26H2,1-2H3. The van der Waals surface area contributed by atoms with Crippen LogP contribution in [-0.4, -0.2) is 60.7 Å². The van der Waals surface area contributed by atoms with Gasteiger partial charge < -0.3 is 30.6 Å². The fourth-order valence-electron chi connectivity index (χ4n) is 4.28. The van der Waals surface area contributed by atoms with Crippen LogP contribution in [0.15, 0.2) is 42.5 Å². The van der Waals surface area contributed by atoms with Gasteiger partial charge in [0.1, 0.15) is 5.75 Å². The highest BCUT2D eigenvalue weighted by Crippen LogP contribution is 2.37. The summed E-state index contributed by atoms with van der Waals surface area (Å²) in [6.45, 7) is 9.41. The number of hydrogen-bond acceptors (Lipinski definition) is 5. The number of anilines is 2. The summed E-state index contributed by atoms with van der Waals surface area (Å²) in [6, 6.07) is 14.1. The summed E-state index contributed by atoms with van der Waals surface area (Å²) < 4.78 is 8.35. The highest BCUT2D eigenvalue weighted by atomic mass is 16.5. The van der Waals surface area contributed by atoms with Crippen LogP contribution < -0.4 is 16.2 Å². The third kappa shape index (κ3) is 4.25. The number of piperazine rings is 1. The van der Waals surface area contributed by atoms with E-state index in [0.717, 1.165) is 91.6 Å². The predicted octanol–water partition coefficient (Wildman–Crippen LogP) is 3.51. The van der Waals surface area contributed by atoms with Crippen molar-refractivity contribution in [2.24, 2.45) is 0 Å². The minimum Gasteiger partial charge on any atom is -0.493 e. The largest absolute Gasteiger partial charge is 0.493 e. The number of fused-ring (bicyclic) bond motifs is 1. The summed E-state index contributed by atoms with van der Waals surface area (Å²) >= 11 is 0. The highest BCUT2D eigenvalue weighted by molar-refractivity contribution is 6.01. The lowest BCUT2D eigenvalue weighted by Gasteiger charge is -2.32. The summed E-state index contributed by atoms with van der Waals surface area (Å²) in [5, 5.41) is 1.06. The second kappa shape index (κ2) is 8.98. The first-order valence-electron chi connectivity index (χ1n) is 10.9. The molecule has 160 valence electrons. The summed E-state index contributed by atoms with van der Waals surface area (Å²) in [5.74, 6) is 0.900. The molecule has 3 aromatic rings. The van der Waals surface area contributed by atoms with E-state index in [-0.39, 0.29) is 0 Å². The molecule has 30 heavy (non-hydrogen) atoms. The number of aryl methyl sites for hydroxylation is 1. The third-order valence-corrected chi connectivity index (χ3v) is 6.06. The summed E-state index contributed by atoms with van der Waals surface area (Å²) in [4.78, 5) is 4.91. The second-order valence-electron chi connectivity index (χ2n) is 8.15. The van der Waals surface area contributed by atoms with Crippen LogP contribution in [0.4, 0.5) is 11.4 Å². The smallest absolute Gasteiger partial charge is 0.121 e. The van der Waals surface area contributed by atoms with Crippen LogP contribution in [0.3, 0.4) is 0 Å². The molecule has 1 saturated heterocycles. The third-order valence-electron chi connectivity index (χ3n) is 6.06. The highest BCUT2D eigenvalue weighted by Gasteiger charge is 2.17. The Balaban J connectivity index is 1.47. The second-order valence-corrected chi connectivity index (χ2v) is 8.15. The molecule has 6 heteroatoms. The summed E-state index contributed by atoms with van der Waals surface area (Å²) in [5.41, 5.74) is 17.2. The molecule has 0 aliphatic carbocycles. The first-order valence-corrected chi connectivity index (χ1v) is 10.9. The average molecular weight is 408 g/mol. The van der Waals surface area contributed by atoms with Gasteiger partial charge in [-0.05, 0) is 44.7 Å². The Bertz CT molecular complexity index is 987. The van der Waals surface area contributed by atoms with E-state index >= 15 is 0 Å². The van der Waals surface area contributed by atoms with Crippen molar-refractivity contribution in [1.29, 1.82) is 0 Å². The molecule has 6 nitrogen and oxygen atoms in total. The van der Waals surface area contributed by atoms with Gasteiger partial charge in [-0.2, -0.15) is 0 Å². The molecule has 0 unspecified atom stereocenters. The topological polar surface area (TPSA) is 72.7 Å². The Kier molecular flexibility index (Phi) is 6.16. The molecule has 0 spiro atoms. The van der Waals surface area contributed by atoms with E-state index < -0.39 is 0 Å².